The van der Waals surface area contributed by atoms with Crippen molar-refractivity contribution in [1.82, 2.24) is 0 Å². The summed E-state index contributed by atoms with van der Waals surface area (Å²) in [5.41, 5.74) is -1.61. The van der Waals surface area contributed by atoms with E-state index in [1.807, 2.05) is 69.2 Å². The molecule has 0 aromatic carbocycles. The lowest BCUT2D eigenvalue weighted by Gasteiger charge is -2.61. The second kappa shape index (κ2) is 35.6. The monoisotopic (exact) mass is 1600 g/mol. The van der Waals surface area contributed by atoms with Gasteiger partial charge in [-0.25, -0.2) is 0 Å². The molecule has 21 rings (SSSR count). The van der Waals surface area contributed by atoms with Gasteiger partial charge in [-0.3, -0.25) is 28.8 Å². The molecule has 0 heterocycles. The van der Waals surface area contributed by atoms with Gasteiger partial charge in [0.25, 0.3) is 0 Å². The quantitative estimate of drug-likeness (QED) is 0.0705. The Labute approximate surface area is 703 Å². The van der Waals surface area contributed by atoms with Gasteiger partial charge >= 0.3 is 35.8 Å². The van der Waals surface area contributed by atoms with Crippen molar-refractivity contribution in [2.45, 2.75) is 451 Å². The van der Waals surface area contributed by atoms with Crippen LogP contribution in [0.4, 0.5) is 0 Å². The third-order valence-electron chi connectivity index (χ3n) is 36.6. The van der Waals surface area contributed by atoms with Crippen LogP contribution in [0.3, 0.4) is 0 Å². The lowest BCUT2D eigenvalue weighted by atomic mass is 9.46. The van der Waals surface area contributed by atoms with Crippen molar-refractivity contribution in [1.29, 1.82) is 0 Å². The number of carbonyl (C=O) groups excluding carboxylic acids is 6. The van der Waals surface area contributed by atoms with E-state index >= 15 is 0 Å². The molecule has 12 nitrogen and oxygen atoms in total. The van der Waals surface area contributed by atoms with E-state index < -0.39 is 0 Å². The molecule has 0 aromatic heterocycles. The van der Waals surface area contributed by atoms with Gasteiger partial charge in [-0.05, 0) is 421 Å². The molecule has 0 aromatic rings. The Bertz CT molecular complexity index is 3200. The summed E-state index contributed by atoms with van der Waals surface area (Å²) in [6, 6.07) is 0. The Morgan fingerprint density at radius 3 is 0.904 bits per heavy atom. The molecule has 21 aliphatic rings. The molecule has 658 valence electrons. The lowest BCUT2D eigenvalue weighted by Crippen LogP contribution is -2.61. The first-order valence-electron chi connectivity index (χ1n) is 49.1. The zero-order chi connectivity index (χ0) is 84.4. The van der Waals surface area contributed by atoms with Crippen molar-refractivity contribution in [2.24, 2.45) is 163 Å². The molecule has 12 unspecified atom stereocenters. The molecule has 0 aliphatic heterocycles. The molecule has 21 saturated carbocycles. The standard InChI is InChI=1S/2C19H32O2.2C18H30O2.C17H28O2.C12H22O2/c1-6-17(2,3)16(20)21-18(4,5)19-10-13-7-14(11-19)9-15(8-13)12-19;1-6-18(4,5)17(20)21-19-10-13-7-14(11-19)9-15(8-13)16(19)12(2)3;1-5-12(2)16(19)20-17(3,4)18-9-13-6-14(10-18)8-15(7-13)11-18;1-5-12(4)17(19)20-18-9-13-6-14(10-18)8-15(7-13)16(18)11(2)3;1-4-11(3)16(18)19-17-9-12-6-13(10-17)8-14(7-12)15(17)5-2;1-5-11(2,3)10(13)14-12(4)8-6-7-9-12/h13-15H,6-12H2,1-5H3;12-16H,6-11H2,1-5H3;12-15H,5-11H2,1-4H3;11-16H,5-10H2,1-4H3;11-15H,4-10H2,1-3H3;5-9H2,1-4H3. The van der Waals surface area contributed by atoms with Crippen LogP contribution < -0.4 is 0 Å². The highest BCUT2D eigenvalue weighted by Crippen LogP contribution is 2.69. The van der Waals surface area contributed by atoms with E-state index in [9.17, 15) is 28.8 Å². The van der Waals surface area contributed by atoms with E-state index in [2.05, 4.69) is 104 Å². The SMILES string of the molecule is CCC(C)(C)C(=O)OC(C)(C)C12CC3CC(CC(C3)C1)C2.CCC(C)(C)C(=O)OC1(C)CCCC1.CCC(C)(C)C(=O)OC12CC3CC(CC(C3)C1C(C)C)C2.CCC(C)C(=O)OC(C)(C)C12CC3CC(CC(C3)C1)C2.CCC(C)C(=O)OC12CC3CC(CC(C3)C1C(C)C)C2.CCC(C)C(=O)OC12CC3CC(CC(C3)C1CC)C2. The van der Waals surface area contributed by atoms with Crippen LogP contribution in [0.5, 0.6) is 0 Å². The lowest BCUT2D eigenvalue weighted by molar-refractivity contribution is -0.223. The molecule has 20 bridgehead atoms. The molecular formula is C103H174O12. The summed E-state index contributed by atoms with van der Waals surface area (Å²) in [7, 11) is 0. The summed E-state index contributed by atoms with van der Waals surface area (Å²) in [6.07, 6.45) is 46.5. The molecule has 0 spiro atoms. The van der Waals surface area contributed by atoms with Crippen LogP contribution >= 0.6 is 0 Å². The molecule has 0 N–H and O–H groups in total. The minimum Gasteiger partial charge on any atom is -0.459 e. The molecule has 0 radical (unpaired) electrons. The summed E-state index contributed by atoms with van der Waals surface area (Å²) >= 11 is 0. The summed E-state index contributed by atoms with van der Waals surface area (Å²) < 4.78 is 36.5. The van der Waals surface area contributed by atoms with E-state index in [0.29, 0.717) is 29.6 Å². The minimum atomic E-state index is -0.362. The van der Waals surface area contributed by atoms with E-state index in [1.165, 1.54) is 154 Å². The van der Waals surface area contributed by atoms with E-state index in [-0.39, 0.29) is 114 Å². The molecule has 0 amide bonds. The maximum absolute atomic E-state index is 12.7. The van der Waals surface area contributed by atoms with Gasteiger partial charge in [-0.15, -0.1) is 0 Å². The molecule has 21 fully saturated rings. The average molecular weight is 1600 g/mol. The highest BCUT2D eigenvalue weighted by Gasteiger charge is 2.65. The summed E-state index contributed by atoms with van der Waals surface area (Å²) in [6.45, 7) is 52.7. The van der Waals surface area contributed by atoms with Crippen molar-refractivity contribution >= 4 is 35.8 Å². The molecule has 12 atom stereocenters. The fourth-order valence-electron chi connectivity index (χ4n) is 29.6. The van der Waals surface area contributed by atoms with Crippen LogP contribution in [0.15, 0.2) is 0 Å². The molecule has 21 aliphatic carbocycles. The Balaban J connectivity index is 0.000000136. The first kappa shape index (κ1) is 92.5. The second-order valence-electron chi connectivity index (χ2n) is 47.7. The topological polar surface area (TPSA) is 158 Å². The van der Waals surface area contributed by atoms with Gasteiger partial charge in [-0.1, -0.05) is 96.9 Å². The second-order valence-corrected chi connectivity index (χ2v) is 47.7. The Kier molecular flexibility index (Phi) is 28.6. The van der Waals surface area contributed by atoms with Crippen molar-refractivity contribution in [2.75, 3.05) is 0 Å². The normalized spacial score (nSPS) is 39.4. The van der Waals surface area contributed by atoms with Gasteiger partial charge in [-0.2, -0.15) is 0 Å². The predicted molar refractivity (Wildman–Crippen MR) is 463 cm³/mol. The van der Waals surface area contributed by atoms with Crippen LogP contribution in [0.2, 0.25) is 0 Å². The van der Waals surface area contributed by atoms with E-state index in [1.54, 1.807) is 0 Å². The zero-order valence-electron chi connectivity index (χ0n) is 78.5. The van der Waals surface area contributed by atoms with Gasteiger partial charge in [0.15, 0.2) is 0 Å². The molecule has 12 heteroatoms. The first-order valence-corrected chi connectivity index (χ1v) is 49.1. The van der Waals surface area contributed by atoms with Crippen molar-refractivity contribution in [3.05, 3.63) is 0 Å². The van der Waals surface area contributed by atoms with Gasteiger partial charge in [0.1, 0.15) is 33.6 Å². The highest BCUT2D eigenvalue weighted by molar-refractivity contribution is 5.78. The molecule has 115 heavy (non-hydrogen) atoms. The largest absolute Gasteiger partial charge is 0.459 e. The van der Waals surface area contributed by atoms with Crippen LogP contribution in [0.25, 0.3) is 0 Å². The summed E-state index contributed by atoms with van der Waals surface area (Å²) in [4.78, 5) is 74.1. The summed E-state index contributed by atoms with van der Waals surface area (Å²) in [5, 5.41) is 0. The number of hydrogen-bond acceptors (Lipinski definition) is 12. The van der Waals surface area contributed by atoms with Gasteiger partial charge < -0.3 is 28.4 Å². The van der Waals surface area contributed by atoms with Crippen molar-refractivity contribution < 1.29 is 57.2 Å². The van der Waals surface area contributed by atoms with Crippen LogP contribution in [-0.2, 0) is 57.2 Å². The number of rotatable bonds is 23. The van der Waals surface area contributed by atoms with Crippen molar-refractivity contribution in [3.63, 3.8) is 0 Å². The zero-order valence-corrected chi connectivity index (χ0v) is 78.5. The number of carbonyl (C=O) groups is 6. The third-order valence-corrected chi connectivity index (χ3v) is 36.6. The van der Waals surface area contributed by atoms with Gasteiger partial charge in [0.2, 0.25) is 0 Å². The Morgan fingerprint density at radius 2 is 0.591 bits per heavy atom. The fourth-order valence-corrected chi connectivity index (χ4v) is 29.6. The van der Waals surface area contributed by atoms with Gasteiger partial charge in [0, 0.05) is 28.6 Å². The van der Waals surface area contributed by atoms with E-state index in [4.69, 9.17) is 28.4 Å². The third kappa shape index (κ3) is 19.6. The van der Waals surface area contributed by atoms with Gasteiger partial charge in [0.05, 0.1) is 34.0 Å². The van der Waals surface area contributed by atoms with Crippen molar-refractivity contribution in [3.8, 4) is 0 Å². The maximum atomic E-state index is 12.7. The maximum Gasteiger partial charge on any atom is 0.312 e. The number of esters is 6. The minimum absolute atomic E-state index is 0.00763. The smallest absolute Gasteiger partial charge is 0.312 e. The number of ether oxygens (including phenoxy) is 6. The Hall–Kier alpha value is -3.18. The molecule has 0 saturated heterocycles. The molecular weight excluding hydrogens is 1430 g/mol. The number of hydrogen-bond donors (Lipinski definition) is 0. The fraction of sp³-hybridized carbons (Fsp3) is 0.942. The van der Waals surface area contributed by atoms with E-state index in [0.717, 1.165) is 179 Å². The predicted octanol–water partition coefficient (Wildman–Crippen LogP) is 26.3. The van der Waals surface area contributed by atoms with Crippen LogP contribution in [0, 0.1) is 163 Å². The van der Waals surface area contributed by atoms with Crippen LogP contribution in [0.1, 0.15) is 417 Å². The highest BCUT2D eigenvalue weighted by atomic mass is 16.6. The summed E-state index contributed by atoms with van der Waals surface area (Å²) in [5.74, 6) is 16.1. The average Bonchev–Trinajstić information content (AvgIpc) is 1.05. The Morgan fingerprint density at radius 1 is 0.322 bits per heavy atom. The van der Waals surface area contributed by atoms with Crippen LogP contribution in [-0.4, -0.2) is 69.4 Å². The first-order chi connectivity index (χ1) is 53.7.